The summed E-state index contributed by atoms with van der Waals surface area (Å²) in [5.41, 5.74) is 1.37. The Bertz CT molecular complexity index is 1060. The van der Waals surface area contributed by atoms with E-state index in [4.69, 9.17) is 0 Å². The lowest BCUT2D eigenvalue weighted by Crippen LogP contribution is -2.16. The normalized spacial score (nSPS) is 12.5. The molecule has 2 heterocycles. The largest absolute Gasteiger partial charge is 0.136 e. The van der Waals surface area contributed by atoms with Gasteiger partial charge in [0.1, 0.15) is 0 Å². The number of hydrogen-bond donors (Lipinski definition) is 0. The van der Waals surface area contributed by atoms with E-state index in [-0.39, 0.29) is 0 Å². The molecule has 0 radical (unpaired) electrons. The lowest BCUT2D eigenvalue weighted by Gasteiger charge is -1.92. The Labute approximate surface area is 131 Å². The first-order valence-electron chi connectivity index (χ1n) is 6.90. The standard InChI is InChI=1S/C19H14S2/c1-12-14-7-3-5-9-17(14)21-19(12)11-16-13(2)20-18-10-6-4-8-15(16)18/h3-11H,2H2,1H3. The van der Waals surface area contributed by atoms with Crippen LogP contribution in [0.2, 0.25) is 0 Å². The van der Waals surface area contributed by atoms with Crippen LogP contribution in [0.1, 0.15) is 10.4 Å². The van der Waals surface area contributed by atoms with Gasteiger partial charge in [-0.2, -0.15) is 0 Å². The van der Waals surface area contributed by atoms with Crippen molar-refractivity contribution in [3.63, 3.8) is 0 Å². The third kappa shape index (κ3) is 2.03. The van der Waals surface area contributed by atoms with Crippen LogP contribution in [0.3, 0.4) is 0 Å². The number of fused-ring (bicyclic) bond motifs is 2. The predicted molar refractivity (Wildman–Crippen MR) is 96.7 cm³/mol. The van der Waals surface area contributed by atoms with Crippen LogP contribution in [0, 0.1) is 6.92 Å². The monoisotopic (exact) mass is 306 g/mol. The minimum absolute atomic E-state index is 1.15. The van der Waals surface area contributed by atoms with Crippen LogP contribution in [0.4, 0.5) is 0 Å². The van der Waals surface area contributed by atoms with Crippen LogP contribution in [-0.2, 0) is 0 Å². The van der Waals surface area contributed by atoms with Gasteiger partial charge in [-0.25, -0.2) is 0 Å². The Morgan fingerprint density at radius 1 is 0.857 bits per heavy atom. The maximum Gasteiger partial charge on any atom is 0.0355 e. The van der Waals surface area contributed by atoms with Gasteiger partial charge in [0.2, 0.25) is 0 Å². The third-order valence-corrected chi connectivity index (χ3v) is 6.13. The Balaban J connectivity index is 2.07. The summed E-state index contributed by atoms with van der Waals surface area (Å²) in [4.78, 5) is 1.34. The zero-order valence-electron chi connectivity index (χ0n) is 11.7. The van der Waals surface area contributed by atoms with Gasteiger partial charge in [0.15, 0.2) is 0 Å². The minimum Gasteiger partial charge on any atom is -0.136 e. The van der Waals surface area contributed by atoms with E-state index in [1.54, 1.807) is 11.3 Å². The van der Waals surface area contributed by atoms with Crippen molar-refractivity contribution in [1.82, 2.24) is 0 Å². The van der Waals surface area contributed by atoms with Gasteiger partial charge in [-0.1, -0.05) is 43.0 Å². The number of aryl methyl sites for hydroxylation is 1. The summed E-state index contributed by atoms with van der Waals surface area (Å²) in [5, 5.41) is 3.94. The molecule has 0 unspecified atom stereocenters. The van der Waals surface area contributed by atoms with E-state index in [0.29, 0.717) is 0 Å². The average Bonchev–Trinajstić information content (AvgIpc) is 2.99. The van der Waals surface area contributed by atoms with E-state index in [1.165, 1.54) is 35.8 Å². The highest BCUT2D eigenvalue weighted by atomic mass is 32.1. The lowest BCUT2D eigenvalue weighted by atomic mass is 10.1. The van der Waals surface area contributed by atoms with Crippen molar-refractivity contribution in [1.29, 1.82) is 0 Å². The molecule has 0 amide bonds. The van der Waals surface area contributed by atoms with Crippen LogP contribution < -0.4 is 9.75 Å². The third-order valence-electron chi connectivity index (χ3n) is 3.87. The first-order valence-corrected chi connectivity index (χ1v) is 8.54. The number of thiophene rings is 2. The molecule has 4 aromatic rings. The highest BCUT2D eigenvalue weighted by molar-refractivity contribution is 7.20. The van der Waals surface area contributed by atoms with Gasteiger partial charge in [0, 0.05) is 29.4 Å². The van der Waals surface area contributed by atoms with E-state index < -0.39 is 0 Å². The molecule has 21 heavy (non-hydrogen) atoms. The minimum atomic E-state index is 1.15. The molecule has 102 valence electrons. The van der Waals surface area contributed by atoms with Crippen molar-refractivity contribution in [3.8, 4) is 0 Å². The molecular weight excluding hydrogens is 292 g/mol. The van der Waals surface area contributed by atoms with Gasteiger partial charge in [-0.3, -0.25) is 0 Å². The van der Waals surface area contributed by atoms with Gasteiger partial charge in [0.05, 0.1) is 0 Å². The first kappa shape index (κ1) is 12.8. The molecule has 0 nitrogen and oxygen atoms in total. The van der Waals surface area contributed by atoms with Crippen LogP contribution in [0.5, 0.6) is 0 Å². The van der Waals surface area contributed by atoms with Gasteiger partial charge >= 0.3 is 0 Å². The molecule has 0 saturated heterocycles. The summed E-state index contributed by atoms with van der Waals surface area (Å²) in [6.07, 6.45) is 2.31. The quantitative estimate of drug-likeness (QED) is 0.479. The van der Waals surface area contributed by atoms with Crippen LogP contribution in [-0.4, -0.2) is 0 Å². The zero-order chi connectivity index (χ0) is 14.4. The van der Waals surface area contributed by atoms with Crippen LogP contribution in [0.25, 0.3) is 32.8 Å². The van der Waals surface area contributed by atoms with Crippen molar-refractivity contribution in [2.24, 2.45) is 0 Å². The molecular formula is C19H14S2. The fraction of sp³-hybridized carbons (Fsp3) is 0.0526. The molecule has 0 aliphatic rings. The molecule has 0 fully saturated rings. The molecule has 2 aromatic carbocycles. The molecule has 2 heteroatoms. The Kier molecular flexibility index (Phi) is 2.95. The molecule has 0 atom stereocenters. The van der Waals surface area contributed by atoms with Crippen molar-refractivity contribution in [3.05, 3.63) is 68.7 Å². The molecule has 2 aromatic heterocycles. The first-order chi connectivity index (χ1) is 10.2. The molecule has 4 rings (SSSR count). The Hall–Kier alpha value is -1.90. The summed E-state index contributed by atoms with van der Waals surface area (Å²) >= 11 is 3.63. The average molecular weight is 306 g/mol. The summed E-state index contributed by atoms with van der Waals surface area (Å²) in [5.74, 6) is 0. The fourth-order valence-electron chi connectivity index (χ4n) is 2.74. The van der Waals surface area contributed by atoms with Crippen LogP contribution >= 0.6 is 22.7 Å². The summed E-state index contributed by atoms with van der Waals surface area (Å²) in [6.45, 7) is 6.44. The number of rotatable bonds is 1. The van der Waals surface area contributed by atoms with Crippen molar-refractivity contribution < 1.29 is 0 Å². The SMILES string of the molecule is C=c1sc2ccccc2c1=Cc1sc2ccccc2c1C. The van der Waals surface area contributed by atoms with E-state index in [0.717, 1.165) is 4.53 Å². The van der Waals surface area contributed by atoms with Crippen molar-refractivity contribution >= 4 is 55.5 Å². The van der Waals surface area contributed by atoms with Gasteiger partial charge in [-0.15, -0.1) is 22.7 Å². The fourth-order valence-corrected chi connectivity index (χ4v) is 4.87. The van der Waals surface area contributed by atoms with Gasteiger partial charge in [-0.05, 0) is 36.1 Å². The van der Waals surface area contributed by atoms with Crippen molar-refractivity contribution in [2.45, 2.75) is 6.92 Å². The maximum absolute atomic E-state index is 4.23. The molecule has 0 bridgehead atoms. The van der Waals surface area contributed by atoms with E-state index in [2.05, 4.69) is 68.1 Å². The summed E-state index contributed by atoms with van der Waals surface area (Å²) < 4.78 is 3.81. The second-order valence-corrected chi connectivity index (χ2v) is 7.39. The topological polar surface area (TPSA) is 0 Å². The van der Waals surface area contributed by atoms with Gasteiger partial charge in [0.25, 0.3) is 0 Å². The second kappa shape index (κ2) is 4.83. The van der Waals surface area contributed by atoms with Crippen molar-refractivity contribution in [2.75, 3.05) is 0 Å². The van der Waals surface area contributed by atoms with E-state index in [1.807, 2.05) is 11.3 Å². The van der Waals surface area contributed by atoms with E-state index in [9.17, 15) is 0 Å². The second-order valence-electron chi connectivity index (χ2n) is 5.17. The molecule has 0 aliphatic heterocycles. The predicted octanol–water partition coefficient (Wildman–Crippen LogP) is 4.66. The molecule has 0 spiro atoms. The Morgan fingerprint density at radius 3 is 2.19 bits per heavy atom. The molecule has 0 saturated carbocycles. The summed E-state index contributed by atoms with van der Waals surface area (Å²) in [7, 11) is 0. The smallest absolute Gasteiger partial charge is 0.0355 e. The number of benzene rings is 2. The lowest BCUT2D eigenvalue weighted by molar-refractivity contribution is 1.57. The zero-order valence-corrected chi connectivity index (χ0v) is 13.4. The van der Waals surface area contributed by atoms with Crippen LogP contribution in [0.15, 0.2) is 48.5 Å². The molecule has 0 aliphatic carbocycles. The summed E-state index contributed by atoms with van der Waals surface area (Å²) in [6, 6.07) is 17.2. The van der Waals surface area contributed by atoms with Gasteiger partial charge < -0.3 is 0 Å². The maximum atomic E-state index is 4.23. The highest BCUT2D eigenvalue weighted by Gasteiger charge is 2.06. The number of hydrogen-bond acceptors (Lipinski definition) is 2. The molecule has 0 N–H and O–H groups in total. The highest BCUT2D eigenvalue weighted by Crippen LogP contribution is 2.31. The van der Waals surface area contributed by atoms with E-state index >= 15 is 0 Å². The Morgan fingerprint density at radius 2 is 1.48 bits per heavy atom.